The molecule has 0 radical (unpaired) electrons. The van der Waals surface area contributed by atoms with E-state index in [0.29, 0.717) is 28.6 Å². The summed E-state index contributed by atoms with van der Waals surface area (Å²) in [5, 5.41) is 26.4. The van der Waals surface area contributed by atoms with E-state index < -0.39 is 24.3 Å². The van der Waals surface area contributed by atoms with Crippen LogP contribution in [-0.2, 0) is 19.2 Å². The number of likely N-dealkylation sites (tertiary alicyclic amines) is 2. The minimum absolute atomic E-state index is 0.0267. The van der Waals surface area contributed by atoms with Crippen molar-refractivity contribution in [3.63, 3.8) is 0 Å². The lowest BCUT2D eigenvalue weighted by Crippen LogP contribution is -2.46. The van der Waals surface area contributed by atoms with Crippen molar-refractivity contribution in [3.8, 4) is 22.8 Å². The van der Waals surface area contributed by atoms with E-state index in [-0.39, 0.29) is 61.4 Å². The standard InChI is InChI=1S/C39H47N5O7/c45-30-19-32(43(22-30)38(49)26-7-3-1-4-8-26)35(47)41-28-15-11-24(12-16-28)34-21-40-37(51-34)25-13-17-29(18-14-25)42-36(48)33-20-31(46)23-44(33)39(50)27-9-5-2-6-10-27/h11-18,21,26-27,30-33,45-46H,1-10,19-20,22-23H2,(H,41,47)(H,42,48)/t30-,31-,32+,33+/m1/s1. The average molecular weight is 698 g/mol. The van der Waals surface area contributed by atoms with Crippen LogP contribution in [0.5, 0.6) is 0 Å². The molecule has 0 spiro atoms. The monoisotopic (exact) mass is 697 g/mol. The third-order valence-electron chi connectivity index (χ3n) is 11.0. The quantitative estimate of drug-likeness (QED) is 0.256. The number of β-amino-alcohol motifs (C(OH)–C–C–N with tert-alkyl or cyclic N) is 2. The number of hydrogen-bond donors (Lipinski definition) is 4. The topological polar surface area (TPSA) is 165 Å². The number of amides is 4. The highest BCUT2D eigenvalue weighted by Crippen LogP contribution is 2.32. The fraction of sp³-hybridized carbons (Fsp3) is 0.513. The molecule has 3 heterocycles. The highest BCUT2D eigenvalue weighted by atomic mass is 16.4. The van der Waals surface area contributed by atoms with Gasteiger partial charge in [-0.15, -0.1) is 0 Å². The van der Waals surface area contributed by atoms with E-state index in [4.69, 9.17) is 4.42 Å². The van der Waals surface area contributed by atoms with E-state index in [2.05, 4.69) is 15.6 Å². The molecule has 0 unspecified atom stereocenters. The number of anilines is 2. The normalized spacial score (nSPS) is 24.4. The minimum atomic E-state index is -0.717. The van der Waals surface area contributed by atoms with Gasteiger partial charge in [-0.1, -0.05) is 38.5 Å². The summed E-state index contributed by atoms with van der Waals surface area (Å²) in [6.07, 6.45) is 10.3. The summed E-state index contributed by atoms with van der Waals surface area (Å²) in [7, 11) is 0. The molecule has 2 aliphatic heterocycles. The van der Waals surface area contributed by atoms with Crippen molar-refractivity contribution < 1.29 is 33.8 Å². The molecular weight excluding hydrogens is 650 g/mol. The molecule has 51 heavy (non-hydrogen) atoms. The van der Waals surface area contributed by atoms with Gasteiger partial charge in [0.1, 0.15) is 12.1 Å². The Morgan fingerprint density at radius 3 is 1.51 bits per heavy atom. The summed E-state index contributed by atoms with van der Waals surface area (Å²) in [5.74, 6) is 0.105. The number of aliphatic hydroxyl groups is 2. The minimum Gasteiger partial charge on any atom is -0.436 e. The highest BCUT2D eigenvalue weighted by Gasteiger charge is 2.42. The molecule has 7 rings (SSSR count). The van der Waals surface area contributed by atoms with Gasteiger partial charge in [0.25, 0.3) is 0 Å². The van der Waals surface area contributed by atoms with Crippen LogP contribution >= 0.6 is 0 Å². The number of nitrogens with zero attached hydrogens (tertiary/aromatic N) is 3. The molecule has 2 saturated carbocycles. The summed E-state index contributed by atoms with van der Waals surface area (Å²) in [6.45, 7) is 0.368. The molecule has 4 N–H and O–H groups in total. The maximum atomic E-state index is 13.2. The van der Waals surface area contributed by atoms with Gasteiger partial charge in [0.15, 0.2) is 5.76 Å². The molecule has 270 valence electrons. The van der Waals surface area contributed by atoms with Crippen LogP contribution in [0.2, 0.25) is 0 Å². The Kier molecular flexibility index (Phi) is 10.5. The lowest BCUT2D eigenvalue weighted by atomic mass is 9.88. The number of hydrogen-bond acceptors (Lipinski definition) is 8. The second-order valence-electron chi connectivity index (χ2n) is 14.6. The fourth-order valence-electron chi connectivity index (χ4n) is 8.19. The van der Waals surface area contributed by atoms with Gasteiger partial charge in [-0.3, -0.25) is 19.2 Å². The van der Waals surface area contributed by atoms with Crippen LogP contribution < -0.4 is 10.6 Å². The summed E-state index contributed by atoms with van der Waals surface area (Å²) >= 11 is 0. The van der Waals surface area contributed by atoms with Crippen LogP contribution in [0, 0.1) is 11.8 Å². The Labute approximate surface area is 297 Å². The summed E-state index contributed by atoms with van der Waals surface area (Å²) in [4.78, 5) is 60.4. The van der Waals surface area contributed by atoms with Crippen molar-refractivity contribution in [2.75, 3.05) is 23.7 Å². The third kappa shape index (κ3) is 7.86. The zero-order valence-electron chi connectivity index (χ0n) is 28.8. The molecule has 2 aliphatic carbocycles. The van der Waals surface area contributed by atoms with Gasteiger partial charge in [0.05, 0.1) is 18.4 Å². The number of aliphatic hydroxyl groups excluding tert-OH is 2. The molecule has 4 aliphatic rings. The SMILES string of the molecule is O=C(Nc1ccc(-c2cnc(-c3ccc(NC(=O)[C@@H]4C[C@@H](O)CN4C(=O)C4CCCCC4)cc3)o2)cc1)[C@@H]1C[C@@H](O)CN1C(=O)C1CCCCC1. The molecule has 4 fully saturated rings. The molecule has 3 aromatic rings. The van der Waals surface area contributed by atoms with Crippen LogP contribution in [0.15, 0.2) is 59.1 Å². The highest BCUT2D eigenvalue weighted by molar-refractivity contribution is 5.99. The van der Waals surface area contributed by atoms with Crippen LogP contribution in [-0.4, -0.2) is 86.0 Å². The van der Waals surface area contributed by atoms with Crippen LogP contribution in [0.3, 0.4) is 0 Å². The first kappa shape index (κ1) is 34.9. The lowest BCUT2D eigenvalue weighted by molar-refractivity contribution is -0.141. The van der Waals surface area contributed by atoms with Gasteiger partial charge >= 0.3 is 0 Å². The second kappa shape index (κ2) is 15.4. The van der Waals surface area contributed by atoms with Gasteiger partial charge in [0, 0.05) is 60.3 Å². The van der Waals surface area contributed by atoms with Crippen molar-refractivity contribution >= 4 is 35.0 Å². The fourth-order valence-corrected chi connectivity index (χ4v) is 8.19. The number of nitrogens with one attached hydrogen (secondary N) is 2. The Hall–Kier alpha value is -4.55. The van der Waals surface area contributed by atoms with E-state index in [9.17, 15) is 29.4 Å². The maximum Gasteiger partial charge on any atom is 0.247 e. The lowest BCUT2D eigenvalue weighted by Gasteiger charge is -2.29. The van der Waals surface area contributed by atoms with E-state index in [0.717, 1.165) is 69.8 Å². The first-order valence-corrected chi connectivity index (χ1v) is 18.5. The van der Waals surface area contributed by atoms with E-state index in [1.54, 1.807) is 52.4 Å². The maximum absolute atomic E-state index is 13.2. The number of aromatic nitrogens is 1. The molecule has 2 saturated heterocycles. The Morgan fingerprint density at radius 2 is 1.06 bits per heavy atom. The van der Waals surface area contributed by atoms with Gasteiger partial charge in [-0.05, 0) is 74.2 Å². The van der Waals surface area contributed by atoms with Crippen LogP contribution in [0.4, 0.5) is 11.4 Å². The van der Waals surface area contributed by atoms with Crippen molar-refractivity contribution in [3.05, 3.63) is 54.7 Å². The first-order chi connectivity index (χ1) is 24.7. The second-order valence-corrected chi connectivity index (χ2v) is 14.6. The number of carbonyl (C=O) groups excluding carboxylic acids is 4. The number of benzene rings is 2. The van der Waals surface area contributed by atoms with Crippen molar-refractivity contribution in [2.45, 2.75) is 101 Å². The molecule has 2 aromatic carbocycles. The van der Waals surface area contributed by atoms with Gasteiger partial charge in [0.2, 0.25) is 29.5 Å². The molecular formula is C39H47N5O7. The Morgan fingerprint density at radius 1 is 0.627 bits per heavy atom. The zero-order chi connectivity index (χ0) is 35.5. The molecule has 0 bridgehead atoms. The predicted octanol–water partition coefficient (Wildman–Crippen LogP) is 4.97. The molecule has 1 aromatic heterocycles. The van der Waals surface area contributed by atoms with E-state index in [1.807, 2.05) is 12.1 Å². The Bertz CT molecular complexity index is 1590. The van der Waals surface area contributed by atoms with Crippen LogP contribution in [0.1, 0.15) is 77.0 Å². The average Bonchev–Trinajstić information content (AvgIpc) is 3.91. The van der Waals surface area contributed by atoms with Gasteiger partial charge in [-0.25, -0.2) is 4.98 Å². The summed E-state index contributed by atoms with van der Waals surface area (Å²) in [6, 6.07) is 12.8. The third-order valence-corrected chi connectivity index (χ3v) is 11.0. The van der Waals surface area contributed by atoms with E-state index in [1.165, 1.54) is 0 Å². The summed E-state index contributed by atoms with van der Waals surface area (Å²) in [5.41, 5.74) is 2.60. The van der Waals surface area contributed by atoms with Crippen molar-refractivity contribution in [2.24, 2.45) is 11.8 Å². The van der Waals surface area contributed by atoms with E-state index >= 15 is 0 Å². The molecule has 12 nitrogen and oxygen atoms in total. The number of carbonyl (C=O) groups is 4. The molecule has 12 heteroatoms. The van der Waals surface area contributed by atoms with Crippen molar-refractivity contribution in [1.82, 2.24) is 14.8 Å². The number of oxazole rings is 1. The van der Waals surface area contributed by atoms with Crippen LogP contribution in [0.25, 0.3) is 22.8 Å². The number of rotatable bonds is 8. The molecule has 4 amide bonds. The smallest absolute Gasteiger partial charge is 0.247 e. The zero-order valence-corrected chi connectivity index (χ0v) is 28.8. The van der Waals surface area contributed by atoms with Gasteiger partial charge < -0.3 is 35.1 Å². The molecule has 4 atom stereocenters. The first-order valence-electron chi connectivity index (χ1n) is 18.5. The predicted molar refractivity (Wildman–Crippen MR) is 190 cm³/mol. The largest absolute Gasteiger partial charge is 0.436 e. The van der Waals surface area contributed by atoms with Crippen molar-refractivity contribution in [1.29, 1.82) is 0 Å². The summed E-state index contributed by atoms with van der Waals surface area (Å²) < 4.78 is 6.05. The van der Waals surface area contributed by atoms with Gasteiger partial charge in [-0.2, -0.15) is 0 Å². The Balaban J connectivity index is 0.944.